The molecule has 1 aliphatic heterocycles. The fourth-order valence-electron chi connectivity index (χ4n) is 3.05. The van der Waals surface area contributed by atoms with E-state index >= 15 is 0 Å². The zero-order valence-corrected chi connectivity index (χ0v) is 11.2. The normalized spacial score (nSPS) is 23.9. The van der Waals surface area contributed by atoms with Crippen molar-refractivity contribution in [1.82, 2.24) is 0 Å². The minimum Gasteiger partial charge on any atom is -0.481 e. The predicted octanol–water partition coefficient (Wildman–Crippen LogP) is 2.56. The Morgan fingerprint density at radius 3 is 2.80 bits per heavy atom. The molecule has 0 aromatic heterocycles. The summed E-state index contributed by atoms with van der Waals surface area (Å²) in [5, 5.41) is 9.29. The zero-order valence-electron chi connectivity index (χ0n) is 11.2. The summed E-state index contributed by atoms with van der Waals surface area (Å²) in [7, 11) is 0. The summed E-state index contributed by atoms with van der Waals surface area (Å²) in [6.45, 7) is 0.254. The highest BCUT2D eigenvalue weighted by atomic mass is 16.4. The van der Waals surface area contributed by atoms with Crippen molar-refractivity contribution in [2.24, 2.45) is 5.92 Å². The summed E-state index contributed by atoms with van der Waals surface area (Å²) in [5.41, 5.74) is 1.50. The highest BCUT2D eigenvalue weighted by molar-refractivity contribution is 5.99. The van der Waals surface area contributed by atoms with Gasteiger partial charge in [0.2, 0.25) is 5.91 Å². The molecular weight excluding hydrogens is 254 g/mol. The van der Waals surface area contributed by atoms with Crippen molar-refractivity contribution >= 4 is 17.6 Å². The molecule has 3 rings (SSSR count). The van der Waals surface area contributed by atoms with Gasteiger partial charge in [-0.05, 0) is 30.4 Å². The van der Waals surface area contributed by atoms with Gasteiger partial charge in [0.25, 0.3) is 0 Å². The average Bonchev–Trinajstić information content (AvgIpc) is 3.05. The molecule has 1 N–H and O–H groups in total. The standard InChI is InChI=1S/C16H17NO3/c18-15(9-11-5-1-2-6-11)17-10-13(16(19)20)12-7-3-4-8-14(12)17/h1,3-5,7-8,11,13H,2,6,9-10H2,(H,19,20)/t11-,13+/m0/s1. The van der Waals surface area contributed by atoms with Crippen molar-refractivity contribution in [3.05, 3.63) is 42.0 Å². The quantitative estimate of drug-likeness (QED) is 0.859. The van der Waals surface area contributed by atoms with Gasteiger partial charge in [0.1, 0.15) is 5.92 Å². The van der Waals surface area contributed by atoms with E-state index in [2.05, 4.69) is 12.2 Å². The monoisotopic (exact) mass is 271 g/mol. The van der Waals surface area contributed by atoms with Crippen LogP contribution in [0, 0.1) is 5.92 Å². The first kappa shape index (κ1) is 12.9. The second-order valence-corrected chi connectivity index (χ2v) is 5.42. The molecule has 0 radical (unpaired) electrons. The Hall–Kier alpha value is -2.10. The number of benzene rings is 1. The van der Waals surface area contributed by atoms with E-state index in [1.165, 1.54) is 0 Å². The number of carboxylic acid groups (broad SMARTS) is 1. The van der Waals surface area contributed by atoms with Crippen LogP contribution in [0.2, 0.25) is 0 Å². The number of nitrogens with zero attached hydrogens (tertiary/aromatic N) is 1. The van der Waals surface area contributed by atoms with E-state index in [0.717, 1.165) is 24.1 Å². The Labute approximate surface area is 117 Å². The molecule has 1 heterocycles. The van der Waals surface area contributed by atoms with Crippen molar-refractivity contribution in [3.8, 4) is 0 Å². The van der Waals surface area contributed by atoms with E-state index in [1.807, 2.05) is 18.2 Å². The van der Waals surface area contributed by atoms with E-state index < -0.39 is 11.9 Å². The first-order valence-corrected chi connectivity index (χ1v) is 6.95. The molecule has 0 spiro atoms. The summed E-state index contributed by atoms with van der Waals surface area (Å²) in [6, 6.07) is 7.30. The molecule has 2 atom stereocenters. The zero-order chi connectivity index (χ0) is 14.1. The van der Waals surface area contributed by atoms with E-state index in [9.17, 15) is 14.7 Å². The number of fused-ring (bicyclic) bond motifs is 1. The lowest BCUT2D eigenvalue weighted by atomic mass is 10.0. The lowest BCUT2D eigenvalue weighted by molar-refractivity contribution is -0.138. The summed E-state index contributed by atoms with van der Waals surface area (Å²) in [5.74, 6) is -1.14. The molecule has 0 saturated heterocycles. The summed E-state index contributed by atoms with van der Waals surface area (Å²) in [4.78, 5) is 25.4. The number of allylic oxidation sites excluding steroid dienone is 2. The van der Waals surface area contributed by atoms with Gasteiger partial charge in [-0.15, -0.1) is 0 Å². The van der Waals surface area contributed by atoms with E-state index in [4.69, 9.17) is 0 Å². The van der Waals surface area contributed by atoms with Crippen LogP contribution in [0.3, 0.4) is 0 Å². The summed E-state index contributed by atoms with van der Waals surface area (Å²) < 4.78 is 0. The number of rotatable bonds is 3. The molecule has 0 saturated carbocycles. The summed E-state index contributed by atoms with van der Waals surface area (Å²) in [6.07, 6.45) is 6.72. The van der Waals surface area contributed by atoms with Gasteiger partial charge in [-0.2, -0.15) is 0 Å². The molecule has 0 fully saturated rings. The SMILES string of the molecule is O=C(O)[C@@H]1CN(C(=O)C[C@H]2C=CCC2)c2ccccc21. The Morgan fingerprint density at radius 1 is 1.30 bits per heavy atom. The number of carbonyl (C=O) groups excluding carboxylic acids is 1. The molecule has 2 aliphatic rings. The van der Waals surface area contributed by atoms with Crippen LogP contribution in [-0.4, -0.2) is 23.5 Å². The lowest BCUT2D eigenvalue weighted by Gasteiger charge is -2.19. The predicted molar refractivity (Wildman–Crippen MR) is 75.7 cm³/mol. The van der Waals surface area contributed by atoms with Crippen LogP contribution in [0.25, 0.3) is 0 Å². The second kappa shape index (κ2) is 5.12. The maximum absolute atomic E-state index is 12.4. The number of aliphatic carboxylic acids is 1. The van der Waals surface area contributed by atoms with Gasteiger partial charge >= 0.3 is 5.97 Å². The highest BCUT2D eigenvalue weighted by Gasteiger charge is 2.36. The molecule has 20 heavy (non-hydrogen) atoms. The average molecular weight is 271 g/mol. The van der Waals surface area contributed by atoms with E-state index in [1.54, 1.807) is 11.0 Å². The minimum atomic E-state index is -0.867. The molecule has 1 aromatic rings. The Bertz CT molecular complexity index is 579. The number of amides is 1. The third-order valence-corrected chi connectivity index (χ3v) is 4.12. The van der Waals surface area contributed by atoms with Crippen molar-refractivity contribution in [2.75, 3.05) is 11.4 Å². The molecule has 1 aromatic carbocycles. The fourth-order valence-corrected chi connectivity index (χ4v) is 3.05. The van der Waals surface area contributed by atoms with Gasteiger partial charge in [0, 0.05) is 18.7 Å². The third-order valence-electron chi connectivity index (χ3n) is 4.12. The van der Waals surface area contributed by atoms with Gasteiger partial charge in [-0.25, -0.2) is 0 Å². The molecule has 4 nitrogen and oxygen atoms in total. The van der Waals surface area contributed by atoms with Crippen molar-refractivity contribution < 1.29 is 14.7 Å². The number of carbonyl (C=O) groups is 2. The van der Waals surface area contributed by atoms with Crippen LogP contribution in [-0.2, 0) is 9.59 Å². The fraction of sp³-hybridized carbons (Fsp3) is 0.375. The van der Waals surface area contributed by atoms with Crippen LogP contribution in [0.4, 0.5) is 5.69 Å². The van der Waals surface area contributed by atoms with Gasteiger partial charge in [0.15, 0.2) is 0 Å². The van der Waals surface area contributed by atoms with Crippen molar-refractivity contribution in [1.29, 1.82) is 0 Å². The first-order valence-electron chi connectivity index (χ1n) is 6.95. The van der Waals surface area contributed by atoms with Gasteiger partial charge in [0.05, 0.1) is 0 Å². The van der Waals surface area contributed by atoms with Crippen LogP contribution in [0.1, 0.15) is 30.7 Å². The number of hydrogen-bond donors (Lipinski definition) is 1. The molecule has 104 valence electrons. The van der Waals surface area contributed by atoms with Gasteiger partial charge in [-0.3, -0.25) is 9.59 Å². The number of para-hydroxylation sites is 1. The van der Waals surface area contributed by atoms with Crippen LogP contribution >= 0.6 is 0 Å². The number of carboxylic acids is 1. The van der Waals surface area contributed by atoms with Crippen LogP contribution < -0.4 is 4.90 Å². The molecule has 0 bridgehead atoms. The smallest absolute Gasteiger partial charge is 0.312 e. The maximum atomic E-state index is 12.4. The minimum absolute atomic E-state index is 0.0257. The molecule has 0 unspecified atom stereocenters. The van der Waals surface area contributed by atoms with Crippen LogP contribution in [0.15, 0.2) is 36.4 Å². The van der Waals surface area contributed by atoms with Gasteiger partial charge < -0.3 is 10.0 Å². The summed E-state index contributed by atoms with van der Waals surface area (Å²) >= 11 is 0. The number of anilines is 1. The first-order chi connectivity index (χ1) is 9.66. The second-order valence-electron chi connectivity index (χ2n) is 5.42. The van der Waals surface area contributed by atoms with Crippen LogP contribution in [0.5, 0.6) is 0 Å². The molecule has 1 aliphatic carbocycles. The molecular formula is C16H17NO3. The molecule has 4 heteroatoms. The highest BCUT2D eigenvalue weighted by Crippen LogP contribution is 2.37. The topological polar surface area (TPSA) is 57.6 Å². The van der Waals surface area contributed by atoms with Crippen molar-refractivity contribution in [2.45, 2.75) is 25.2 Å². The molecule has 1 amide bonds. The van der Waals surface area contributed by atoms with Crippen molar-refractivity contribution in [3.63, 3.8) is 0 Å². The largest absolute Gasteiger partial charge is 0.481 e. The maximum Gasteiger partial charge on any atom is 0.312 e. The Balaban J connectivity index is 1.82. The van der Waals surface area contributed by atoms with E-state index in [0.29, 0.717) is 12.3 Å². The Kier molecular flexibility index (Phi) is 3.30. The Morgan fingerprint density at radius 2 is 2.10 bits per heavy atom. The van der Waals surface area contributed by atoms with Gasteiger partial charge in [-0.1, -0.05) is 30.4 Å². The number of hydrogen-bond acceptors (Lipinski definition) is 2. The third kappa shape index (κ3) is 2.22. The lowest BCUT2D eigenvalue weighted by Crippen LogP contribution is -2.32. The van der Waals surface area contributed by atoms with E-state index in [-0.39, 0.29) is 12.5 Å².